The largest absolute Gasteiger partial charge is 0.330 e. The van der Waals surface area contributed by atoms with Gasteiger partial charge >= 0.3 is 0 Å². The highest BCUT2D eigenvalue weighted by Crippen LogP contribution is 2.21. The monoisotopic (exact) mass is 263 g/mol. The molecule has 0 aromatic heterocycles. The number of piperidine rings is 1. The number of nitrogens with one attached hydrogen (secondary N) is 1. The molecular formula is C11H25N3O2S. The Bertz CT molecular complexity index is 309. The molecule has 0 unspecified atom stereocenters. The average Bonchev–Trinajstić information content (AvgIpc) is 2.28. The molecule has 0 saturated carbocycles. The zero-order valence-corrected chi connectivity index (χ0v) is 11.7. The van der Waals surface area contributed by atoms with E-state index in [9.17, 15) is 8.42 Å². The molecule has 0 spiro atoms. The van der Waals surface area contributed by atoms with E-state index >= 15 is 0 Å². The Labute approximate surface area is 105 Å². The molecule has 0 amide bonds. The smallest absolute Gasteiger partial charge is 0.279 e. The summed E-state index contributed by atoms with van der Waals surface area (Å²) in [7, 11) is -3.26. The van der Waals surface area contributed by atoms with Gasteiger partial charge in [-0.05, 0) is 37.6 Å². The lowest BCUT2D eigenvalue weighted by molar-refractivity contribution is 0.263. The second-order valence-electron chi connectivity index (χ2n) is 5.17. The van der Waals surface area contributed by atoms with E-state index in [-0.39, 0.29) is 0 Å². The van der Waals surface area contributed by atoms with Crippen molar-refractivity contribution in [3.63, 3.8) is 0 Å². The summed E-state index contributed by atoms with van der Waals surface area (Å²) in [6, 6.07) is 0. The summed E-state index contributed by atoms with van der Waals surface area (Å²) < 4.78 is 28.1. The van der Waals surface area contributed by atoms with Crippen molar-refractivity contribution in [1.29, 1.82) is 0 Å². The lowest BCUT2D eigenvalue weighted by atomic mass is 9.95. The summed E-state index contributed by atoms with van der Waals surface area (Å²) in [6.07, 6.45) is 2.87. The van der Waals surface area contributed by atoms with E-state index in [2.05, 4.69) is 4.72 Å². The van der Waals surface area contributed by atoms with Gasteiger partial charge in [0, 0.05) is 19.6 Å². The fraction of sp³-hybridized carbons (Fsp3) is 1.00. The Morgan fingerprint density at radius 3 is 2.41 bits per heavy atom. The Morgan fingerprint density at radius 2 is 1.94 bits per heavy atom. The van der Waals surface area contributed by atoms with Crippen molar-refractivity contribution in [3.8, 4) is 0 Å². The van der Waals surface area contributed by atoms with E-state index in [1.165, 1.54) is 0 Å². The zero-order valence-electron chi connectivity index (χ0n) is 10.9. The van der Waals surface area contributed by atoms with Crippen LogP contribution < -0.4 is 10.5 Å². The standard InChI is InChI=1S/C11H25N3O2S/c1-10(2)9-13-17(15,16)14-7-4-11(3-6-12)5-8-14/h10-11,13H,3-9,12H2,1-2H3. The van der Waals surface area contributed by atoms with Gasteiger partial charge in [0.2, 0.25) is 0 Å². The van der Waals surface area contributed by atoms with Crippen LogP contribution in [-0.4, -0.2) is 38.9 Å². The van der Waals surface area contributed by atoms with Crippen LogP contribution in [0.2, 0.25) is 0 Å². The van der Waals surface area contributed by atoms with Crippen molar-refractivity contribution in [3.05, 3.63) is 0 Å². The van der Waals surface area contributed by atoms with Crippen LogP contribution in [0.4, 0.5) is 0 Å². The summed E-state index contributed by atoms with van der Waals surface area (Å²) in [5, 5.41) is 0. The maximum absolute atomic E-state index is 11.9. The molecule has 1 heterocycles. The molecule has 0 aromatic rings. The molecule has 1 fully saturated rings. The molecule has 0 atom stereocenters. The molecule has 0 radical (unpaired) electrons. The topological polar surface area (TPSA) is 75.4 Å². The van der Waals surface area contributed by atoms with Crippen molar-refractivity contribution >= 4 is 10.2 Å². The van der Waals surface area contributed by atoms with Crippen molar-refractivity contribution in [1.82, 2.24) is 9.03 Å². The van der Waals surface area contributed by atoms with Crippen LogP contribution in [0, 0.1) is 11.8 Å². The summed E-state index contributed by atoms with van der Waals surface area (Å²) in [5.74, 6) is 0.927. The normalized spacial score (nSPS) is 20.0. The third-order valence-corrected chi connectivity index (χ3v) is 4.74. The third-order valence-electron chi connectivity index (χ3n) is 3.16. The van der Waals surface area contributed by atoms with Gasteiger partial charge in [-0.1, -0.05) is 13.8 Å². The van der Waals surface area contributed by atoms with E-state index in [0.29, 0.717) is 38.0 Å². The van der Waals surface area contributed by atoms with Crippen molar-refractivity contribution in [2.45, 2.75) is 33.1 Å². The number of rotatable bonds is 6. The fourth-order valence-corrected chi connectivity index (χ4v) is 3.46. The zero-order chi connectivity index (χ0) is 12.9. The molecule has 102 valence electrons. The first-order valence-electron chi connectivity index (χ1n) is 6.40. The van der Waals surface area contributed by atoms with Gasteiger partial charge in [-0.2, -0.15) is 12.7 Å². The Morgan fingerprint density at radius 1 is 1.35 bits per heavy atom. The van der Waals surface area contributed by atoms with Crippen LogP contribution in [0.25, 0.3) is 0 Å². The van der Waals surface area contributed by atoms with E-state index in [4.69, 9.17) is 5.73 Å². The lowest BCUT2D eigenvalue weighted by Crippen LogP contribution is -2.46. The number of nitrogens with two attached hydrogens (primary N) is 1. The highest BCUT2D eigenvalue weighted by molar-refractivity contribution is 7.87. The number of hydrogen-bond acceptors (Lipinski definition) is 3. The van der Waals surface area contributed by atoms with Crippen LogP contribution in [0.3, 0.4) is 0 Å². The van der Waals surface area contributed by atoms with Gasteiger partial charge < -0.3 is 5.73 Å². The van der Waals surface area contributed by atoms with E-state index < -0.39 is 10.2 Å². The first-order chi connectivity index (χ1) is 7.95. The Kier molecular flexibility index (Phi) is 5.85. The molecule has 0 aliphatic carbocycles. The molecule has 1 saturated heterocycles. The van der Waals surface area contributed by atoms with Gasteiger partial charge in [0.25, 0.3) is 10.2 Å². The summed E-state index contributed by atoms with van der Waals surface area (Å²) in [4.78, 5) is 0. The van der Waals surface area contributed by atoms with Gasteiger partial charge in [0.05, 0.1) is 0 Å². The Hall–Kier alpha value is -0.170. The van der Waals surface area contributed by atoms with E-state index in [1.54, 1.807) is 4.31 Å². The Balaban J connectivity index is 2.41. The van der Waals surface area contributed by atoms with Crippen LogP contribution in [0.15, 0.2) is 0 Å². The molecule has 6 heteroatoms. The van der Waals surface area contributed by atoms with Crippen LogP contribution >= 0.6 is 0 Å². The van der Waals surface area contributed by atoms with Crippen LogP contribution in [0.5, 0.6) is 0 Å². The highest BCUT2D eigenvalue weighted by Gasteiger charge is 2.27. The molecular weight excluding hydrogens is 238 g/mol. The quantitative estimate of drug-likeness (QED) is 0.734. The van der Waals surface area contributed by atoms with Gasteiger partial charge in [-0.25, -0.2) is 4.72 Å². The fourth-order valence-electron chi connectivity index (χ4n) is 2.04. The minimum atomic E-state index is -3.26. The predicted molar refractivity (Wildman–Crippen MR) is 69.7 cm³/mol. The number of nitrogens with zero attached hydrogens (tertiary/aromatic N) is 1. The van der Waals surface area contributed by atoms with E-state index in [0.717, 1.165) is 19.3 Å². The summed E-state index contributed by atoms with van der Waals surface area (Å²) in [5.41, 5.74) is 5.52. The maximum Gasteiger partial charge on any atom is 0.279 e. The third kappa shape index (κ3) is 4.91. The van der Waals surface area contributed by atoms with Gasteiger partial charge in [-0.15, -0.1) is 0 Å². The number of hydrogen-bond donors (Lipinski definition) is 2. The molecule has 1 rings (SSSR count). The minimum Gasteiger partial charge on any atom is -0.330 e. The van der Waals surface area contributed by atoms with Crippen LogP contribution in [-0.2, 0) is 10.2 Å². The molecule has 5 nitrogen and oxygen atoms in total. The molecule has 3 N–H and O–H groups in total. The first kappa shape index (κ1) is 14.9. The predicted octanol–water partition coefficient (Wildman–Crippen LogP) is 0.538. The second kappa shape index (κ2) is 6.68. The lowest BCUT2D eigenvalue weighted by Gasteiger charge is -2.31. The molecule has 1 aliphatic rings. The SMILES string of the molecule is CC(C)CNS(=O)(=O)N1CCC(CCN)CC1. The molecule has 17 heavy (non-hydrogen) atoms. The summed E-state index contributed by atoms with van der Waals surface area (Å²) in [6.45, 7) is 6.44. The molecule has 0 aromatic carbocycles. The minimum absolute atomic E-state index is 0.333. The van der Waals surface area contributed by atoms with Crippen molar-refractivity contribution in [2.24, 2.45) is 17.6 Å². The maximum atomic E-state index is 11.9. The average molecular weight is 263 g/mol. The molecule has 0 bridgehead atoms. The van der Waals surface area contributed by atoms with Crippen LogP contribution in [0.1, 0.15) is 33.1 Å². The van der Waals surface area contributed by atoms with Gasteiger partial charge in [-0.3, -0.25) is 0 Å². The van der Waals surface area contributed by atoms with Crippen molar-refractivity contribution in [2.75, 3.05) is 26.2 Å². The van der Waals surface area contributed by atoms with Gasteiger partial charge in [0.1, 0.15) is 0 Å². The van der Waals surface area contributed by atoms with Gasteiger partial charge in [0.15, 0.2) is 0 Å². The second-order valence-corrected chi connectivity index (χ2v) is 6.92. The molecule has 1 aliphatic heterocycles. The van der Waals surface area contributed by atoms with E-state index in [1.807, 2.05) is 13.8 Å². The first-order valence-corrected chi connectivity index (χ1v) is 7.84. The highest BCUT2D eigenvalue weighted by atomic mass is 32.2. The van der Waals surface area contributed by atoms with Crippen molar-refractivity contribution < 1.29 is 8.42 Å². The summed E-state index contributed by atoms with van der Waals surface area (Å²) >= 11 is 0.